The van der Waals surface area contributed by atoms with Gasteiger partial charge >= 0.3 is 0 Å². The van der Waals surface area contributed by atoms with Crippen LogP contribution in [0.2, 0.25) is 5.02 Å². The summed E-state index contributed by atoms with van der Waals surface area (Å²) < 4.78 is 5.86. The highest BCUT2D eigenvalue weighted by molar-refractivity contribution is 8.22. The van der Waals surface area contributed by atoms with E-state index in [4.69, 9.17) is 21.4 Å². The second-order valence-electron chi connectivity index (χ2n) is 5.28. The minimum absolute atomic E-state index is 0.116. The van der Waals surface area contributed by atoms with Crippen LogP contribution in [-0.4, -0.2) is 11.7 Å². The Labute approximate surface area is 144 Å². The van der Waals surface area contributed by atoms with Gasteiger partial charge in [-0.25, -0.2) is 0 Å². The molecule has 0 saturated carbocycles. The number of allylic oxidation sites excluding steroid dienone is 1. The van der Waals surface area contributed by atoms with Gasteiger partial charge in [-0.3, -0.25) is 0 Å². The Balaban J connectivity index is 1.65. The number of rotatable bonds is 6. The number of benzene rings is 2. The zero-order valence-electron chi connectivity index (χ0n) is 12.7. The minimum Gasteiger partial charge on any atom is -0.488 e. The average Bonchev–Trinajstić information content (AvgIpc) is 3.05. The molecule has 120 valence electrons. The largest absolute Gasteiger partial charge is 0.488 e. The summed E-state index contributed by atoms with van der Waals surface area (Å²) in [6.45, 7) is 0.696. The van der Waals surface area contributed by atoms with E-state index in [1.54, 1.807) is 0 Å². The lowest BCUT2D eigenvalue weighted by Crippen LogP contribution is -1.92. The van der Waals surface area contributed by atoms with Gasteiger partial charge in [-0.1, -0.05) is 48.0 Å². The topological polar surface area (TPSA) is 29.5 Å². The van der Waals surface area contributed by atoms with Crippen LogP contribution in [-0.2, 0) is 17.8 Å². The summed E-state index contributed by atoms with van der Waals surface area (Å²) >= 11 is 6.29. The molecule has 2 aromatic carbocycles. The van der Waals surface area contributed by atoms with Crippen molar-refractivity contribution >= 4 is 22.5 Å². The number of thiol groups is 1. The second kappa shape index (κ2) is 7.73. The number of hydrogen-bond donors (Lipinski definition) is 2. The molecule has 1 atom stereocenters. The molecule has 0 aliphatic carbocycles. The molecule has 0 fully saturated rings. The van der Waals surface area contributed by atoms with E-state index in [9.17, 15) is 0 Å². The van der Waals surface area contributed by atoms with Gasteiger partial charge in [0.15, 0.2) is 0 Å². The van der Waals surface area contributed by atoms with E-state index in [0.717, 1.165) is 21.9 Å². The summed E-state index contributed by atoms with van der Waals surface area (Å²) in [5.74, 6) is 0.913. The molecule has 0 amide bonds. The number of halogens is 1. The van der Waals surface area contributed by atoms with E-state index in [1.807, 2.05) is 36.4 Å². The normalized spacial score (nSPS) is 18.0. The first-order valence-electron chi connectivity index (χ1n) is 7.50. The lowest BCUT2D eigenvalue weighted by Gasteiger charge is -2.12. The number of hydrogen-bond acceptors (Lipinski definition) is 2. The SMILES string of the molecule is OCCc1ccc([SH]2C=CC(OCc3ccccc3)=C2)cc1Cl. The Hall–Kier alpha value is -1.68. The molecule has 0 aromatic heterocycles. The molecule has 1 N–H and O–H groups in total. The predicted octanol–water partition coefficient (Wildman–Crippen LogP) is 4.82. The van der Waals surface area contributed by atoms with Crippen LogP contribution >= 0.6 is 22.5 Å². The molecule has 1 unspecified atom stereocenters. The molecular formula is C19H19ClO2S. The Bertz CT molecular complexity index is 725. The van der Waals surface area contributed by atoms with E-state index in [-0.39, 0.29) is 6.61 Å². The molecule has 2 nitrogen and oxygen atoms in total. The number of ether oxygens (including phenoxy) is 1. The smallest absolute Gasteiger partial charge is 0.125 e. The predicted molar refractivity (Wildman–Crippen MR) is 97.9 cm³/mol. The van der Waals surface area contributed by atoms with Crippen molar-refractivity contribution in [3.05, 3.63) is 87.3 Å². The molecule has 1 aliphatic rings. The monoisotopic (exact) mass is 346 g/mol. The van der Waals surface area contributed by atoms with Crippen LogP contribution < -0.4 is 0 Å². The Morgan fingerprint density at radius 1 is 1.09 bits per heavy atom. The standard InChI is InChI=1S/C19H19ClO2S/c20-19-12-18(7-6-16(19)8-10-21)23-11-9-17(14-23)22-13-15-4-2-1-3-5-15/h1-7,9,11-12,14,21,23H,8,10,13H2. The van der Waals surface area contributed by atoms with E-state index in [2.05, 4.69) is 29.0 Å². The summed E-state index contributed by atoms with van der Waals surface area (Å²) in [6.07, 6.45) is 2.62. The minimum atomic E-state index is -0.512. The summed E-state index contributed by atoms with van der Waals surface area (Å²) in [5.41, 5.74) is 2.15. The second-order valence-corrected chi connectivity index (χ2v) is 7.57. The van der Waals surface area contributed by atoms with Crippen LogP contribution in [0.25, 0.3) is 0 Å². The molecule has 0 spiro atoms. The van der Waals surface area contributed by atoms with Crippen molar-refractivity contribution in [3.8, 4) is 0 Å². The Kier molecular flexibility index (Phi) is 5.44. The van der Waals surface area contributed by atoms with Gasteiger partial charge in [-0.15, -0.1) is 0 Å². The lowest BCUT2D eigenvalue weighted by molar-refractivity contribution is 0.212. The highest BCUT2D eigenvalue weighted by Crippen LogP contribution is 2.45. The van der Waals surface area contributed by atoms with Crippen molar-refractivity contribution in [2.75, 3.05) is 6.61 Å². The van der Waals surface area contributed by atoms with E-state index in [0.29, 0.717) is 13.0 Å². The fourth-order valence-corrected chi connectivity index (χ4v) is 4.41. The third kappa shape index (κ3) is 4.20. The maximum Gasteiger partial charge on any atom is 0.125 e. The van der Waals surface area contributed by atoms with Gasteiger partial charge in [-0.2, -0.15) is 10.9 Å². The van der Waals surface area contributed by atoms with E-state index >= 15 is 0 Å². The van der Waals surface area contributed by atoms with E-state index < -0.39 is 10.9 Å². The first-order chi connectivity index (χ1) is 11.3. The van der Waals surface area contributed by atoms with Crippen LogP contribution in [0.15, 0.2) is 76.1 Å². The van der Waals surface area contributed by atoms with Gasteiger partial charge in [0.1, 0.15) is 12.4 Å². The molecule has 0 radical (unpaired) electrons. The van der Waals surface area contributed by atoms with Gasteiger partial charge in [0.25, 0.3) is 0 Å². The van der Waals surface area contributed by atoms with Crippen molar-refractivity contribution in [3.63, 3.8) is 0 Å². The Morgan fingerprint density at radius 3 is 2.65 bits per heavy atom. The van der Waals surface area contributed by atoms with Gasteiger partial charge in [0.2, 0.25) is 0 Å². The number of aliphatic hydroxyl groups is 1. The van der Waals surface area contributed by atoms with Crippen LogP contribution in [0.3, 0.4) is 0 Å². The quantitative estimate of drug-likeness (QED) is 0.734. The van der Waals surface area contributed by atoms with Crippen molar-refractivity contribution in [2.45, 2.75) is 17.9 Å². The highest BCUT2D eigenvalue weighted by Gasteiger charge is 2.11. The molecule has 2 aromatic rings. The molecule has 0 saturated heterocycles. The molecule has 3 rings (SSSR count). The maximum absolute atomic E-state index is 9.02. The third-order valence-corrected chi connectivity index (χ3v) is 5.86. The number of aliphatic hydroxyl groups excluding tert-OH is 1. The van der Waals surface area contributed by atoms with Crippen molar-refractivity contribution < 1.29 is 9.84 Å². The zero-order chi connectivity index (χ0) is 16.1. The molecule has 23 heavy (non-hydrogen) atoms. The molecule has 4 heteroatoms. The maximum atomic E-state index is 9.02. The summed E-state index contributed by atoms with van der Waals surface area (Å²) in [5, 5.41) is 14.1. The van der Waals surface area contributed by atoms with E-state index in [1.165, 1.54) is 4.90 Å². The van der Waals surface area contributed by atoms with Gasteiger partial charge in [0.05, 0.1) is 0 Å². The van der Waals surface area contributed by atoms with Crippen LogP contribution in [0.4, 0.5) is 0 Å². The summed E-state index contributed by atoms with van der Waals surface area (Å²) in [4.78, 5) is 1.20. The Morgan fingerprint density at radius 2 is 1.91 bits per heavy atom. The van der Waals surface area contributed by atoms with Crippen LogP contribution in [0, 0.1) is 0 Å². The fraction of sp³-hybridized carbons (Fsp3) is 0.158. The summed E-state index contributed by atoms with van der Waals surface area (Å²) in [7, 11) is -0.512. The highest BCUT2D eigenvalue weighted by atomic mass is 35.5. The van der Waals surface area contributed by atoms with Crippen LogP contribution in [0.1, 0.15) is 11.1 Å². The van der Waals surface area contributed by atoms with Crippen molar-refractivity contribution in [2.24, 2.45) is 0 Å². The third-order valence-electron chi connectivity index (χ3n) is 3.63. The lowest BCUT2D eigenvalue weighted by atomic mass is 10.2. The zero-order valence-corrected chi connectivity index (χ0v) is 14.3. The average molecular weight is 347 g/mol. The first-order valence-corrected chi connectivity index (χ1v) is 9.36. The fourth-order valence-electron chi connectivity index (χ4n) is 2.38. The molecular weight excluding hydrogens is 328 g/mol. The summed E-state index contributed by atoms with van der Waals surface area (Å²) in [6, 6.07) is 16.2. The molecule has 0 bridgehead atoms. The molecule has 1 aliphatic heterocycles. The first kappa shape index (κ1) is 16.2. The van der Waals surface area contributed by atoms with Gasteiger partial charge < -0.3 is 9.84 Å². The van der Waals surface area contributed by atoms with Crippen LogP contribution in [0.5, 0.6) is 0 Å². The molecule has 1 heterocycles. The van der Waals surface area contributed by atoms with Crippen molar-refractivity contribution in [1.82, 2.24) is 0 Å². The van der Waals surface area contributed by atoms with Crippen molar-refractivity contribution in [1.29, 1.82) is 0 Å². The van der Waals surface area contributed by atoms with Gasteiger partial charge in [0, 0.05) is 17.0 Å². The van der Waals surface area contributed by atoms with Gasteiger partial charge in [-0.05, 0) is 46.1 Å².